The van der Waals surface area contributed by atoms with Gasteiger partial charge in [0.05, 0.1) is 34.2 Å². The first-order chi connectivity index (χ1) is 21.6. The van der Waals surface area contributed by atoms with Crippen LogP contribution in [0.1, 0.15) is 24.0 Å². The predicted octanol–water partition coefficient (Wildman–Crippen LogP) is 7.55. The second-order valence-electron chi connectivity index (χ2n) is 10.1. The topological polar surface area (TPSA) is 122 Å². The van der Waals surface area contributed by atoms with Crippen LogP contribution in [-0.2, 0) is 11.0 Å². The highest BCUT2D eigenvalue weighted by Gasteiger charge is 2.31. The van der Waals surface area contributed by atoms with E-state index in [0.717, 1.165) is 34.6 Å². The first-order valence-corrected chi connectivity index (χ1v) is 14.5. The van der Waals surface area contributed by atoms with Crippen molar-refractivity contribution >= 4 is 39.8 Å². The Morgan fingerprint density at radius 3 is 2.40 bits per heavy atom. The lowest BCUT2D eigenvalue weighted by Crippen LogP contribution is -2.23. The molecule has 2 aromatic carbocycles. The lowest BCUT2D eigenvalue weighted by atomic mass is 10.0. The minimum atomic E-state index is -4.60. The van der Waals surface area contributed by atoms with Gasteiger partial charge in [0.1, 0.15) is 5.75 Å². The molecule has 3 aromatic heterocycles. The summed E-state index contributed by atoms with van der Waals surface area (Å²) in [5.74, 6) is 0.557. The van der Waals surface area contributed by atoms with Gasteiger partial charge in [-0.3, -0.25) is 14.7 Å². The molecule has 0 aliphatic carbocycles. The van der Waals surface area contributed by atoms with E-state index in [-0.39, 0.29) is 23.3 Å². The molecule has 10 nitrogen and oxygen atoms in total. The van der Waals surface area contributed by atoms with Gasteiger partial charge in [0, 0.05) is 42.7 Å². The summed E-state index contributed by atoms with van der Waals surface area (Å²) >= 11 is 1.44. The molecule has 1 aliphatic rings. The highest BCUT2D eigenvalue weighted by Crippen LogP contribution is 2.37. The average Bonchev–Trinajstić information content (AvgIpc) is 3.67. The molecule has 2 N–H and O–H groups in total. The molecule has 6 rings (SSSR count). The van der Waals surface area contributed by atoms with Crippen LogP contribution in [-0.4, -0.2) is 38.4 Å². The van der Waals surface area contributed by atoms with Crippen LogP contribution in [0, 0.1) is 6.92 Å². The van der Waals surface area contributed by atoms with E-state index in [1.54, 1.807) is 42.4 Å². The molecule has 1 fully saturated rings. The van der Waals surface area contributed by atoms with Crippen LogP contribution in [0.2, 0.25) is 0 Å². The summed E-state index contributed by atoms with van der Waals surface area (Å²) in [6, 6.07) is 11.3. The first-order valence-electron chi connectivity index (χ1n) is 13.7. The van der Waals surface area contributed by atoms with Crippen LogP contribution >= 0.6 is 11.3 Å². The Morgan fingerprint density at radius 1 is 0.933 bits per heavy atom. The van der Waals surface area contributed by atoms with Gasteiger partial charge >= 0.3 is 18.2 Å². The van der Waals surface area contributed by atoms with Crippen LogP contribution in [0.3, 0.4) is 0 Å². The SMILES string of the molecule is Cc1cncc(-c2ccc(C(F)(F)F)cc2NC(=O)Nc2cnc(Oc3ccc(-c4cnc(N5CCCC5=O)s4)cc3)nc2)c1. The largest absolute Gasteiger partial charge is 0.424 e. The number of benzene rings is 2. The van der Waals surface area contributed by atoms with Gasteiger partial charge in [0.25, 0.3) is 0 Å². The number of nitrogens with zero attached hydrogens (tertiary/aromatic N) is 5. The second kappa shape index (κ2) is 12.3. The molecule has 3 amide bonds. The van der Waals surface area contributed by atoms with E-state index < -0.39 is 17.8 Å². The monoisotopic (exact) mass is 631 g/mol. The molecule has 45 heavy (non-hydrogen) atoms. The summed E-state index contributed by atoms with van der Waals surface area (Å²) in [6.07, 6.45) is 4.26. The number of rotatable bonds is 7. The summed E-state index contributed by atoms with van der Waals surface area (Å²) in [6.45, 7) is 2.49. The molecule has 0 atom stereocenters. The average molecular weight is 632 g/mol. The van der Waals surface area contributed by atoms with Crippen LogP contribution in [0.5, 0.6) is 11.8 Å². The number of carbonyl (C=O) groups excluding carboxylic acids is 2. The molecule has 0 saturated carbocycles. The molecule has 1 aliphatic heterocycles. The summed E-state index contributed by atoms with van der Waals surface area (Å²) in [4.78, 5) is 44.1. The number of hydrogen-bond acceptors (Lipinski definition) is 8. The third kappa shape index (κ3) is 6.91. The Labute approximate surface area is 259 Å². The Balaban J connectivity index is 1.10. The number of alkyl halides is 3. The maximum atomic E-state index is 13.4. The fourth-order valence-corrected chi connectivity index (χ4v) is 5.63. The molecule has 14 heteroatoms. The first kappa shape index (κ1) is 29.7. The molecule has 1 saturated heterocycles. The molecule has 0 bridgehead atoms. The number of aromatic nitrogens is 4. The zero-order chi connectivity index (χ0) is 31.6. The van der Waals surface area contributed by atoms with Crippen molar-refractivity contribution in [3.8, 4) is 33.3 Å². The Hall–Kier alpha value is -5.37. The normalized spacial score (nSPS) is 13.2. The number of nitrogens with one attached hydrogen (secondary N) is 2. The molecule has 4 heterocycles. The second-order valence-corrected chi connectivity index (χ2v) is 11.1. The molecular weight excluding hydrogens is 607 g/mol. The molecule has 0 radical (unpaired) electrons. The van der Waals surface area contributed by atoms with E-state index in [4.69, 9.17) is 4.74 Å². The van der Waals surface area contributed by atoms with Gasteiger partial charge in [-0.05, 0) is 66.9 Å². The number of pyridine rings is 1. The summed E-state index contributed by atoms with van der Waals surface area (Å²) < 4.78 is 46.0. The number of halogens is 3. The van der Waals surface area contributed by atoms with Crippen molar-refractivity contribution < 1.29 is 27.5 Å². The van der Waals surface area contributed by atoms with E-state index in [0.29, 0.717) is 35.0 Å². The van der Waals surface area contributed by atoms with Gasteiger partial charge in [0.2, 0.25) is 5.91 Å². The van der Waals surface area contributed by atoms with Crippen LogP contribution in [0.15, 0.2) is 79.5 Å². The summed E-state index contributed by atoms with van der Waals surface area (Å²) in [5.41, 5.74) is 1.88. The molecule has 0 unspecified atom stereocenters. The van der Waals surface area contributed by atoms with Crippen molar-refractivity contribution in [2.75, 3.05) is 22.1 Å². The number of amides is 3. The number of ether oxygens (including phenoxy) is 1. The summed E-state index contributed by atoms with van der Waals surface area (Å²) in [7, 11) is 0. The standard InChI is InChI=1S/C31H24F3N7O3S/c1-18-11-20(14-35-13-18)24-9-6-21(31(32,33)34)12-25(24)40-28(43)39-22-15-36-29(37-16-22)44-23-7-4-19(5-8-23)26-17-38-30(45-26)41-10-2-3-27(41)42/h4-9,11-17H,2-3,10H2,1H3,(H2,39,40,43). The van der Waals surface area contributed by atoms with Crippen molar-refractivity contribution in [2.24, 2.45) is 0 Å². The van der Waals surface area contributed by atoms with Crippen LogP contribution < -0.4 is 20.3 Å². The van der Waals surface area contributed by atoms with Crippen molar-refractivity contribution in [2.45, 2.75) is 25.9 Å². The zero-order valence-corrected chi connectivity index (χ0v) is 24.4. The van der Waals surface area contributed by atoms with Crippen molar-refractivity contribution in [1.82, 2.24) is 19.9 Å². The van der Waals surface area contributed by atoms with E-state index >= 15 is 0 Å². The number of hydrogen-bond donors (Lipinski definition) is 2. The molecular formula is C31H24F3N7O3S. The maximum absolute atomic E-state index is 13.4. The molecule has 0 spiro atoms. The Morgan fingerprint density at radius 2 is 1.71 bits per heavy atom. The zero-order valence-electron chi connectivity index (χ0n) is 23.6. The van der Waals surface area contributed by atoms with E-state index in [2.05, 4.69) is 30.6 Å². The van der Waals surface area contributed by atoms with Gasteiger partial charge in [-0.2, -0.15) is 13.2 Å². The molecule has 228 valence electrons. The van der Waals surface area contributed by atoms with Gasteiger partial charge in [-0.1, -0.05) is 17.4 Å². The number of anilines is 3. The minimum Gasteiger partial charge on any atom is -0.424 e. The third-order valence-electron chi connectivity index (χ3n) is 6.81. The van der Waals surface area contributed by atoms with Crippen LogP contribution in [0.25, 0.3) is 21.6 Å². The van der Waals surface area contributed by atoms with E-state index in [1.807, 2.05) is 12.1 Å². The lowest BCUT2D eigenvalue weighted by molar-refractivity contribution is -0.137. The minimum absolute atomic E-state index is 0.0217. The predicted molar refractivity (Wildman–Crippen MR) is 163 cm³/mol. The third-order valence-corrected chi connectivity index (χ3v) is 7.88. The highest BCUT2D eigenvalue weighted by atomic mass is 32.1. The van der Waals surface area contributed by atoms with Gasteiger partial charge in [-0.15, -0.1) is 0 Å². The number of urea groups is 1. The smallest absolute Gasteiger partial charge is 0.416 e. The van der Waals surface area contributed by atoms with Crippen LogP contribution in [0.4, 0.5) is 34.5 Å². The van der Waals surface area contributed by atoms with Gasteiger partial charge in [0.15, 0.2) is 5.13 Å². The van der Waals surface area contributed by atoms with Gasteiger partial charge < -0.3 is 15.4 Å². The Kier molecular flexibility index (Phi) is 8.13. The number of carbonyl (C=O) groups is 2. The number of aryl methyl sites for hydroxylation is 1. The van der Waals surface area contributed by atoms with Crippen molar-refractivity contribution in [3.63, 3.8) is 0 Å². The highest BCUT2D eigenvalue weighted by molar-refractivity contribution is 7.19. The lowest BCUT2D eigenvalue weighted by Gasteiger charge is -2.15. The quantitative estimate of drug-likeness (QED) is 0.190. The summed E-state index contributed by atoms with van der Waals surface area (Å²) in [5, 5.41) is 5.70. The maximum Gasteiger partial charge on any atom is 0.416 e. The Bertz CT molecular complexity index is 1860. The van der Waals surface area contributed by atoms with Gasteiger partial charge in [-0.25, -0.2) is 19.7 Å². The van der Waals surface area contributed by atoms with E-state index in [9.17, 15) is 22.8 Å². The number of thiazole rings is 1. The molecule has 5 aromatic rings. The fourth-order valence-electron chi connectivity index (χ4n) is 4.66. The van der Waals surface area contributed by atoms with E-state index in [1.165, 1.54) is 36.0 Å². The van der Waals surface area contributed by atoms with Crippen molar-refractivity contribution in [3.05, 3.63) is 90.6 Å². The van der Waals surface area contributed by atoms with Crippen molar-refractivity contribution in [1.29, 1.82) is 0 Å². The fraction of sp³-hybridized carbons (Fsp3) is 0.161.